The van der Waals surface area contributed by atoms with E-state index in [0.717, 1.165) is 16.3 Å². The maximum Gasteiger partial charge on any atom is 0.222 e. The maximum atomic E-state index is 6.12. The summed E-state index contributed by atoms with van der Waals surface area (Å²) >= 11 is 6.12. The van der Waals surface area contributed by atoms with Crippen LogP contribution in [0.2, 0.25) is 5.02 Å². The lowest BCUT2D eigenvalue weighted by atomic mass is 10.1. The fourth-order valence-corrected chi connectivity index (χ4v) is 1.80. The molecule has 4 nitrogen and oxygen atoms in total. The smallest absolute Gasteiger partial charge is 0.222 e. The first-order chi connectivity index (χ1) is 8.79. The fourth-order valence-electron chi connectivity index (χ4n) is 1.60. The van der Waals surface area contributed by atoms with Gasteiger partial charge in [0.05, 0.1) is 5.69 Å². The summed E-state index contributed by atoms with van der Waals surface area (Å²) in [6.07, 6.45) is 2.43. The van der Waals surface area contributed by atoms with Crippen LogP contribution in [0.25, 0.3) is 0 Å². The van der Waals surface area contributed by atoms with Gasteiger partial charge in [-0.05, 0) is 17.7 Å². The summed E-state index contributed by atoms with van der Waals surface area (Å²) in [6.45, 7) is 1.22. The van der Waals surface area contributed by atoms with Crippen molar-refractivity contribution in [2.45, 2.75) is 6.42 Å². The Morgan fingerprint density at radius 3 is 2.83 bits per heavy atom. The molecule has 5 heteroatoms. The lowest BCUT2D eigenvalue weighted by Gasteiger charge is -2.06. The van der Waals surface area contributed by atoms with E-state index in [0.29, 0.717) is 25.5 Å². The van der Waals surface area contributed by atoms with Crippen LogP contribution in [0.5, 0.6) is 0 Å². The molecule has 0 bridgehead atoms. The van der Waals surface area contributed by atoms with E-state index in [1.165, 1.54) is 0 Å². The molecule has 0 atom stereocenters. The minimum atomic E-state index is 0.554. The molecule has 0 aliphatic heterocycles. The number of nitrogens with two attached hydrogens (primary N) is 1. The van der Waals surface area contributed by atoms with Gasteiger partial charge in [-0.25, -0.2) is 9.97 Å². The highest BCUT2D eigenvalue weighted by Crippen LogP contribution is 2.18. The van der Waals surface area contributed by atoms with Crippen LogP contribution in [-0.2, 0) is 6.42 Å². The van der Waals surface area contributed by atoms with Gasteiger partial charge >= 0.3 is 0 Å². The fraction of sp³-hybridized carbons (Fsp3) is 0.231. The second kappa shape index (κ2) is 6.33. The van der Waals surface area contributed by atoms with Crippen molar-refractivity contribution in [1.82, 2.24) is 9.97 Å². The SMILES string of the molecule is NCCNc1nccc(Cc2ccccc2Cl)n1. The average Bonchev–Trinajstić information content (AvgIpc) is 2.40. The Balaban J connectivity index is 2.12. The number of rotatable bonds is 5. The van der Waals surface area contributed by atoms with E-state index < -0.39 is 0 Å². The molecule has 2 aromatic rings. The van der Waals surface area contributed by atoms with E-state index in [1.807, 2.05) is 30.3 Å². The maximum absolute atomic E-state index is 6.12. The molecule has 1 heterocycles. The lowest BCUT2D eigenvalue weighted by Crippen LogP contribution is -2.15. The molecule has 0 saturated heterocycles. The Morgan fingerprint density at radius 2 is 2.06 bits per heavy atom. The zero-order chi connectivity index (χ0) is 12.8. The van der Waals surface area contributed by atoms with Gasteiger partial charge in [0, 0.05) is 30.7 Å². The Bertz CT molecular complexity index is 516. The number of hydrogen-bond donors (Lipinski definition) is 2. The van der Waals surface area contributed by atoms with Crippen LogP contribution in [0.1, 0.15) is 11.3 Å². The van der Waals surface area contributed by atoms with Crippen LogP contribution in [0.15, 0.2) is 36.5 Å². The third kappa shape index (κ3) is 3.42. The van der Waals surface area contributed by atoms with Crippen molar-refractivity contribution in [3.05, 3.63) is 52.8 Å². The molecule has 3 N–H and O–H groups in total. The second-order valence-corrected chi connectivity index (χ2v) is 4.26. The van der Waals surface area contributed by atoms with E-state index in [9.17, 15) is 0 Å². The van der Waals surface area contributed by atoms with Crippen molar-refractivity contribution < 1.29 is 0 Å². The van der Waals surface area contributed by atoms with Crippen LogP contribution in [0, 0.1) is 0 Å². The molecule has 1 aromatic heterocycles. The van der Waals surface area contributed by atoms with Crippen molar-refractivity contribution in [2.24, 2.45) is 5.73 Å². The molecular weight excluding hydrogens is 248 g/mol. The first-order valence-corrected chi connectivity index (χ1v) is 6.16. The van der Waals surface area contributed by atoms with Crippen LogP contribution in [-0.4, -0.2) is 23.1 Å². The van der Waals surface area contributed by atoms with E-state index in [1.54, 1.807) is 6.20 Å². The van der Waals surface area contributed by atoms with Crippen molar-refractivity contribution in [3.63, 3.8) is 0 Å². The number of halogens is 1. The number of anilines is 1. The molecule has 2 rings (SSSR count). The van der Waals surface area contributed by atoms with Gasteiger partial charge in [-0.15, -0.1) is 0 Å². The quantitative estimate of drug-likeness (QED) is 0.866. The summed E-state index contributed by atoms with van der Waals surface area (Å²) in [5.74, 6) is 0.602. The molecule has 0 saturated carbocycles. The molecule has 0 aliphatic rings. The van der Waals surface area contributed by atoms with Gasteiger partial charge in [-0.2, -0.15) is 0 Å². The van der Waals surface area contributed by atoms with Gasteiger partial charge in [0.15, 0.2) is 0 Å². The van der Waals surface area contributed by atoms with E-state index in [-0.39, 0.29) is 0 Å². The predicted octanol–water partition coefficient (Wildman–Crippen LogP) is 2.09. The summed E-state index contributed by atoms with van der Waals surface area (Å²) in [5.41, 5.74) is 7.41. The molecule has 0 fully saturated rings. The number of nitrogens with one attached hydrogen (secondary N) is 1. The molecular formula is C13H15ClN4. The summed E-state index contributed by atoms with van der Waals surface area (Å²) in [6, 6.07) is 9.65. The average molecular weight is 263 g/mol. The number of hydrogen-bond acceptors (Lipinski definition) is 4. The molecule has 0 amide bonds. The predicted molar refractivity (Wildman–Crippen MR) is 73.8 cm³/mol. The third-order valence-electron chi connectivity index (χ3n) is 2.47. The van der Waals surface area contributed by atoms with Gasteiger partial charge < -0.3 is 11.1 Å². The minimum Gasteiger partial charge on any atom is -0.353 e. The normalized spacial score (nSPS) is 10.3. The van der Waals surface area contributed by atoms with Crippen molar-refractivity contribution in [1.29, 1.82) is 0 Å². The lowest BCUT2D eigenvalue weighted by molar-refractivity contribution is 0.964. The molecule has 0 aliphatic carbocycles. The highest BCUT2D eigenvalue weighted by molar-refractivity contribution is 6.31. The Hall–Kier alpha value is -1.65. The van der Waals surface area contributed by atoms with Gasteiger partial charge in [0.2, 0.25) is 5.95 Å². The van der Waals surface area contributed by atoms with Crippen molar-refractivity contribution in [2.75, 3.05) is 18.4 Å². The highest BCUT2D eigenvalue weighted by Gasteiger charge is 2.03. The van der Waals surface area contributed by atoms with Gasteiger partial charge in [0.25, 0.3) is 0 Å². The van der Waals surface area contributed by atoms with Crippen LogP contribution >= 0.6 is 11.6 Å². The Kier molecular flexibility index (Phi) is 4.50. The van der Waals surface area contributed by atoms with E-state index >= 15 is 0 Å². The van der Waals surface area contributed by atoms with Crippen molar-refractivity contribution >= 4 is 17.5 Å². The standard InChI is InChI=1S/C13H15ClN4/c14-12-4-2-1-3-10(12)9-11-5-7-16-13(18-11)17-8-6-15/h1-5,7H,6,8-9,15H2,(H,16,17,18). The largest absolute Gasteiger partial charge is 0.353 e. The Morgan fingerprint density at radius 1 is 1.22 bits per heavy atom. The first-order valence-electron chi connectivity index (χ1n) is 5.79. The van der Waals surface area contributed by atoms with Crippen LogP contribution < -0.4 is 11.1 Å². The van der Waals surface area contributed by atoms with Gasteiger partial charge in [0.1, 0.15) is 0 Å². The summed E-state index contributed by atoms with van der Waals surface area (Å²) in [7, 11) is 0. The number of aromatic nitrogens is 2. The molecule has 18 heavy (non-hydrogen) atoms. The third-order valence-corrected chi connectivity index (χ3v) is 2.84. The zero-order valence-electron chi connectivity index (χ0n) is 9.94. The van der Waals surface area contributed by atoms with Crippen LogP contribution in [0.4, 0.5) is 5.95 Å². The van der Waals surface area contributed by atoms with Gasteiger partial charge in [-0.3, -0.25) is 0 Å². The summed E-state index contributed by atoms with van der Waals surface area (Å²) < 4.78 is 0. The highest BCUT2D eigenvalue weighted by atomic mass is 35.5. The van der Waals surface area contributed by atoms with E-state index in [2.05, 4.69) is 15.3 Å². The van der Waals surface area contributed by atoms with Crippen LogP contribution in [0.3, 0.4) is 0 Å². The molecule has 0 spiro atoms. The zero-order valence-corrected chi connectivity index (χ0v) is 10.7. The Labute approximate surface area is 111 Å². The monoisotopic (exact) mass is 262 g/mol. The van der Waals surface area contributed by atoms with E-state index in [4.69, 9.17) is 17.3 Å². The molecule has 1 aromatic carbocycles. The second-order valence-electron chi connectivity index (χ2n) is 3.86. The molecule has 0 unspecified atom stereocenters. The summed E-state index contributed by atoms with van der Waals surface area (Å²) in [4.78, 5) is 8.54. The van der Waals surface area contributed by atoms with Crippen molar-refractivity contribution in [3.8, 4) is 0 Å². The number of nitrogens with zero attached hydrogens (tertiary/aromatic N) is 2. The first kappa shape index (κ1) is 12.8. The summed E-state index contributed by atoms with van der Waals surface area (Å²) in [5, 5.41) is 3.81. The van der Waals surface area contributed by atoms with Gasteiger partial charge in [-0.1, -0.05) is 29.8 Å². The molecule has 0 radical (unpaired) electrons. The topological polar surface area (TPSA) is 63.8 Å². The number of benzene rings is 1. The molecule has 94 valence electrons. The minimum absolute atomic E-state index is 0.554.